The summed E-state index contributed by atoms with van der Waals surface area (Å²) in [6.45, 7) is 4.75. The Morgan fingerprint density at radius 2 is 0.764 bits per heavy atom. The van der Waals surface area contributed by atoms with Crippen molar-refractivity contribution >= 4 is 43.1 Å². The molecule has 0 heteroatoms. The third kappa shape index (κ3) is 4.85. The average Bonchev–Trinajstić information content (AvgIpc) is 3.46. The predicted octanol–water partition coefficient (Wildman–Crippen LogP) is 15.3. The topological polar surface area (TPSA) is 0 Å². The van der Waals surface area contributed by atoms with E-state index in [4.69, 9.17) is 0 Å². The molecular weight excluding hydrogens is 661 g/mol. The molecule has 0 amide bonds. The number of benzene rings is 10. The largest absolute Gasteiger partial charge is 0.0616 e. The van der Waals surface area contributed by atoms with Crippen molar-refractivity contribution in [3.63, 3.8) is 0 Å². The lowest BCUT2D eigenvalue weighted by atomic mass is 9.81. The Bertz CT molecular complexity index is 3100. The molecule has 0 saturated carbocycles. The standard InChI is InChI=1S/C55H38/c1-55(2)50-25-13-24-43(54(50)49-33-39-16-5-6-17-40(39)34-51(49)55)36-27-29-37(30-28-36)52-45-20-9-11-22-47(45)53(48-23-12-10-21-46(48)52)44-19-8-7-18-42(44)41-31-26-35-14-3-4-15-38(35)32-41/h3-34H,1-2H3. The van der Waals surface area contributed by atoms with E-state index in [1.807, 2.05) is 0 Å². The molecular formula is C55H38. The van der Waals surface area contributed by atoms with E-state index >= 15 is 0 Å². The molecule has 0 radical (unpaired) electrons. The molecule has 11 rings (SSSR count). The minimum atomic E-state index is -0.0723. The fraction of sp³-hybridized carbons (Fsp3) is 0.0545. The fourth-order valence-electron chi connectivity index (χ4n) is 9.57. The molecule has 0 aromatic heterocycles. The third-order valence-electron chi connectivity index (χ3n) is 12.2. The molecule has 0 N–H and O–H groups in total. The van der Waals surface area contributed by atoms with Crippen molar-refractivity contribution < 1.29 is 0 Å². The van der Waals surface area contributed by atoms with Crippen LogP contribution in [-0.2, 0) is 5.41 Å². The van der Waals surface area contributed by atoms with Crippen LogP contribution in [0.2, 0.25) is 0 Å². The van der Waals surface area contributed by atoms with Crippen molar-refractivity contribution in [2.24, 2.45) is 0 Å². The van der Waals surface area contributed by atoms with Crippen LogP contribution in [0.1, 0.15) is 25.0 Å². The molecule has 10 aromatic rings. The molecule has 10 aromatic carbocycles. The third-order valence-corrected chi connectivity index (χ3v) is 12.2. The Balaban J connectivity index is 1.08. The molecule has 0 unspecified atom stereocenters. The van der Waals surface area contributed by atoms with Gasteiger partial charge in [-0.3, -0.25) is 0 Å². The first-order chi connectivity index (χ1) is 27.0. The van der Waals surface area contributed by atoms with Crippen molar-refractivity contribution in [2.75, 3.05) is 0 Å². The highest BCUT2D eigenvalue weighted by Gasteiger charge is 2.37. The van der Waals surface area contributed by atoms with E-state index in [-0.39, 0.29) is 5.41 Å². The summed E-state index contributed by atoms with van der Waals surface area (Å²) in [5.74, 6) is 0. The normalized spacial score (nSPS) is 13.1. The first-order valence-corrected chi connectivity index (χ1v) is 19.3. The molecule has 1 aliphatic carbocycles. The zero-order chi connectivity index (χ0) is 36.7. The van der Waals surface area contributed by atoms with Gasteiger partial charge >= 0.3 is 0 Å². The van der Waals surface area contributed by atoms with Crippen LogP contribution in [0.3, 0.4) is 0 Å². The van der Waals surface area contributed by atoms with Gasteiger partial charge in [0.15, 0.2) is 0 Å². The Morgan fingerprint density at radius 3 is 1.44 bits per heavy atom. The van der Waals surface area contributed by atoms with E-state index in [0.717, 1.165) is 0 Å². The summed E-state index contributed by atoms with van der Waals surface area (Å²) < 4.78 is 0. The summed E-state index contributed by atoms with van der Waals surface area (Å²) in [4.78, 5) is 0. The van der Waals surface area contributed by atoms with Gasteiger partial charge in [0.05, 0.1) is 0 Å². The van der Waals surface area contributed by atoms with E-state index in [1.165, 1.54) is 110 Å². The van der Waals surface area contributed by atoms with Gasteiger partial charge in [-0.15, -0.1) is 0 Å². The van der Waals surface area contributed by atoms with Crippen LogP contribution in [0.5, 0.6) is 0 Å². The molecule has 0 fully saturated rings. The number of fused-ring (bicyclic) bond motifs is 7. The van der Waals surface area contributed by atoms with Crippen LogP contribution < -0.4 is 0 Å². The van der Waals surface area contributed by atoms with Crippen LogP contribution >= 0.6 is 0 Å². The predicted molar refractivity (Wildman–Crippen MR) is 236 cm³/mol. The zero-order valence-electron chi connectivity index (χ0n) is 31.0. The van der Waals surface area contributed by atoms with E-state index in [9.17, 15) is 0 Å². The first-order valence-electron chi connectivity index (χ1n) is 19.3. The highest BCUT2D eigenvalue weighted by Crippen LogP contribution is 2.53. The maximum Gasteiger partial charge on any atom is 0.0159 e. The van der Waals surface area contributed by atoms with E-state index in [2.05, 4.69) is 208 Å². The monoisotopic (exact) mass is 698 g/mol. The van der Waals surface area contributed by atoms with Gasteiger partial charge in [0.1, 0.15) is 0 Å². The summed E-state index contributed by atoms with van der Waals surface area (Å²) >= 11 is 0. The fourth-order valence-corrected chi connectivity index (χ4v) is 9.57. The van der Waals surface area contributed by atoms with Crippen molar-refractivity contribution in [1.82, 2.24) is 0 Å². The zero-order valence-corrected chi connectivity index (χ0v) is 31.0. The maximum absolute atomic E-state index is 2.41. The van der Waals surface area contributed by atoms with Gasteiger partial charge in [0.25, 0.3) is 0 Å². The quantitative estimate of drug-likeness (QED) is 0.161. The molecule has 0 aliphatic heterocycles. The highest BCUT2D eigenvalue weighted by atomic mass is 14.4. The minimum Gasteiger partial charge on any atom is -0.0616 e. The van der Waals surface area contributed by atoms with Crippen molar-refractivity contribution in [3.05, 3.63) is 205 Å². The molecule has 0 atom stereocenters. The van der Waals surface area contributed by atoms with Crippen LogP contribution in [0.15, 0.2) is 194 Å². The molecule has 258 valence electrons. The smallest absolute Gasteiger partial charge is 0.0159 e. The summed E-state index contributed by atoms with van der Waals surface area (Å²) in [6.07, 6.45) is 0. The van der Waals surface area contributed by atoms with Crippen molar-refractivity contribution in [3.8, 4) is 55.6 Å². The minimum absolute atomic E-state index is 0.0723. The molecule has 0 heterocycles. The lowest BCUT2D eigenvalue weighted by molar-refractivity contribution is 0.661. The van der Waals surface area contributed by atoms with E-state index in [1.54, 1.807) is 0 Å². The summed E-state index contributed by atoms with van der Waals surface area (Å²) in [5, 5.41) is 10.2. The van der Waals surface area contributed by atoms with Crippen LogP contribution in [-0.4, -0.2) is 0 Å². The second-order valence-corrected chi connectivity index (χ2v) is 15.6. The lowest BCUT2D eigenvalue weighted by Crippen LogP contribution is -2.14. The highest BCUT2D eigenvalue weighted by molar-refractivity contribution is 6.22. The molecule has 0 spiro atoms. The Labute approximate surface area is 322 Å². The second-order valence-electron chi connectivity index (χ2n) is 15.6. The van der Waals surface area contributed by atoms with Gasteiger partial charge in [-0.25, -0.2) is 0 Å². The van der Waals surface area contributed by atoms with Gasteiger partial charge in [0, 0.05) is 5.41 Å². The Morgan fingerprint density at radius 1 is 0.273 bits per heavy atom. The second kappa shape index (κ2) is 12.1. The molecule has 0 saturated heterocycles. The number of hydrogen-bond acceptors (Lipinski definition) is 0. The molecule has 55 heavy (non-hydrogen) atoms. The lowest BCUT2D eigenvalue weighted by Gasteiger charge is -2.22. The van der Waals surface area contributed by atoms with E-state index < -0.39 is 0 Å². The van der Waals surface area contributed by atoms with Gasteiger partial charge in [0.2, 0.25) is 0 Å². The Hall–Kier alpha value is -6.76. The molecule has 0 nitrogen and oxygen atoms in total. The van der Waals surface area contributed by atoms with Crippen LogP contribution in [0.25, 0.3) is 98.7 Å². The average molecular weight is 699 g/mol. The van der Waals surface area contributed by atoms with Crippen molar-refractivity contribution in [1.29, 1.82) is 0 Å². The summed E-state index contributed by atoms with van der Waals surface area (Å²) in [7, 11) is 0. The Kier molecular flexibility index (Phi) is 7.00. The number of rotatable bonds is 4. The summed E-state index contributed by atoms with van der Waals surface area (Å²) in [6, 6.07) is 72.2. The van der Waals surface area contributed by atoms with Crippen LogP contribution in [0.4, 0.5) is 0 Å². The first kappa shape index (κ1) is 31.7. The SMILES string of the molecule is CC1(C)c2cc3ccccc3cc2-c2c(-c3ccc(-c4c5ccccc5c(-c5ccccc5-c5ccc6ccccc6c5)c5ccccc45)cc3)cccc21. The molecule has 0 bridgehead atoms. The van der Waals surface area contributed by atoms with Gasteiger partial charge in [-0.2, -0.15) is 0 Å². The molecule has 1 aliphatic rings. The van der Waals surface area contributed by atoms with Gasteiger partial charge < -0.3 is 0 Å². The van der Waals surface area contributed by atoms with Gasteiger partial charge in [-0.1, -0.05) is 190 Å². The van der Waals surface area contributed by atoms with E-state index in [0.29, 0.717) is 0 Å². The number of hydrogen-bond donors (Lipinski definition) is 0. The van der Waals surface area contributed by atoms with Crippen LogP contribution in [0, 0.1) is 0 Å². The summed E-state index contributed by atoms with van der Waals surface area (Å²) in [5.41, 5.74) is 15.5. The maximum atomic E-state index is 2.41. The van der Waals surface area contributed by atoms with Crippen molar-refractivity contribution in [2.45, 2.75) is 19.3 Å². The van der Waals surface area contributed by atoms with Gasteiger partial charge in [-0.05, 0) is 128 Å².